The molecule has 0 radical (unpaired) electrons. The number of rotatable bonds is 6. The van der Waals surface area contributed by atoms with Crippen LogP contribution in [-0.2, 0) is 22.7 Å². The summed E-state index contributed by atoms with van der Waals surface area (Å²) in [4.78, 5) is 41.0. The number of aryl methyl sites for hydroxylation is 1. The molecule has 4 amide bonds. The van der Waals surface area contributed by atoms with Gasteiger partial charge in [-0.1, -0.05) is 42.5 Å². The van der Waals surface area contributed by atoms with E-state index in [1.54, 1.807) is 30.3 Å². The molecule has 0 saturated carbocycles. The van der Waals surface area contributed by atoms with Gasteiger partial charge in [-0.05, 0) is 36.8 Å². The third kappa shape index (κ3) is 4.80. The number of urea groups is 1. The molecular weight excluding hydrogens is 408 g/mol. The maximum atomic E-state index is 12.9. The number of hydrogen-bond donors (Lipinski definition) is 2. The molecule has 8 nitrogen and oxygen atoms in total. The molecule has 8 heteroatoms. The molecule has 0 saturated heterocycles. The number of benzene rings is 2. The molecule has 2 aromatic carbocycles. The molecule has 164 valence electrons. The number of furan rings is 1. The molecule has 0 bridgehead atoms. The van der Waals surface area contributed by atoms with Gasteiger partial charge in [0, 0.05) is 6.54 Å². The van der Waals surface area contributed by atoms with Crippen molar-refractivity contribution in [2.75, 3.05) is 22.9 Å². The van der Waals surface area contributed by atoms with Gasteiger partial charge in [-0.3, -0.25) is 19.4 Å². The molecule has 0 spiro atoms. The van der Waals surface area contributed by atoms with Gasteiger partial charge in [0.2, 0.25) is 11.8 Å². The average Bonchev–Trinajstić information content (AvgIpc) is 3.23. The maximum Gasteiger partial charge on any atom is 0.322 e. The third-order valence-corrected chi connectivity index (χ3v) is 5.15. The van der Waals surface area contributed by atoms with E-state index in [0.29, 0.717) is 23.7 Å². The Bertz CT molecular complexity index is 1130. The lowest BCUT2D eigenvalue weighted by atomic mass is 10.1. The highest BCUT2D eigenvalue weighted by atomic mass is 16.3. The van der Waals surface area contributed by atoms with Crippen LogP contribution < -0.4 is 20.4 Å². The van der Waals surface area contributed by atoms with Crippen LogP contribution in [0.2, 0.25) is 0 Å². The Labute approximate surface area is 185 Å². The minimum absolute atomic E-state index is 0.144. The van der Waals surface area contributed by atoms with Crippen molar-refractivity contribution in [3.63, 3.8) is 0 Å². The van der Waals surface area contributed by atoms with Crippen LogP contribution >= 0.6 is 0 Å². The van der Waals surface area contributed by atoms with Gasteiger partial charge >= 0.3 is 6.03 Å². The largest absolute Gasteiger partial charge is 0.465 e. The molecule has 3 aromatic rings. The first kappa shape index (κ1) is 21.2. The quantitative estimate of drug-likeness (QED) is 0.626. The SMILES string of the molecule is Cc1ccc(CNC(=O)CN2C(=O)CN(C(=O)NCc3ccccc3)c3ccccc32)o1. The first-order valence-electron chi connectivity index (χ1n) is 10.3. The van der Waals surface area contributed by atoms with Crippen molar-refractivity contribution in [1.29, 1.82) is 0 Å². The number of anilines is 2. The van der Waals surface area contributed by atoms with Gasteiger partial charge in [-0.15, -0.1) is 0 Å². The first-order chi connectivity index (χ1) is 15.5. The van der Waals surface area contributed by atoms with E-state index in [9.17, 15) is 14.4 Å². The minimum atomic E-state index is -0.369. The van der Waals surface area contributed by atoms with Gasteiger partial charge in [0.25, 0.3) is 0 Å². The summed E-state index contributed by atoms with van der Waals surface area (Å²) in [6.07, 6.45) is 0. The molecule has 1 aromatic heterocycles. The van der Waals surface area contributed by atoms with Gasteiger partial charge in [0.15, 0.2) is 0 Å². The summed E-state index contributed by atoms with van der Waals surface area (Å²) >= 11 is 0. The maximum absolute atomic E-state index is 12.9. The molecule has 32 heavy (non-hydrogen) atoms. The number of amides is 4. The number of fused-ring (bicyclic) bond motifs is 1. The van der Waals surface area contributed by atoms with Crippen molar-refractivity contribution in [2.24, 2.45) is 0 Å². The lowest BCUT2D eigenvalue weighted by Gasteiger charge is -2.35. The fourth-order valence-electron chi connectivity index (χ4n) is 3.55. The second-order valence-electron chi connectivity index (χ2n) is 7.49. The van der Waals surface area contributed by atoms with Gasteiger partial charge in [-0.25, -0.2) is 4.79 Å². The Hall–Kier alpha value is -4.07. The van der Waals surface area contributed by atoms with Crippen molar-refractivity contribution in [3.8, 4) is 0 Å². The van der Waals surface area contributed by atoms with Crippen molar-refractivity contribution >= 4 is 29.2 Å². The van der Waals surface area contributed by atoms with Crippen molar-refractivity contribution in [1.82, 2.24) is 10.6 Å². The molecule has 2 heterocycles. The molecule has 1 aliphatic rings. The highest BCUT2D eigenvalue weighted by Gasteiger charge is 2.33. The molecular formula is C24H24N4O4. The third-order valence-electron chi connectivity index (χ3n) is 5.15. The zero-order chi connectivity index (χ0) is 22.5. The summed E-state index contributed by atoms with van der Waals surface area (Å²) in [7, 11) is 0. The Balaban J connectivity index is 1.43. The summed E-state index contributed by atoms with van der Waals surface area (Å²) < 4.78 is 5.45. The predicted molar refractivity (Wildman–Crippen MR) is 120 cm³/mol. The number of nitrogens with zero attached hydrogens (tertiary/aromatic N) is 2. The molecule has 0 fully saturated rings. The standard InChI is InChI=1S/C24H24N4O4/c1-17-11-12-19(32-17)14-25-22(29)15-27-20-9-5-6-10-21(20)28(16-23(27)30)24(31)26-13-18-7-3-2-4-8-18/h2-12H,13-16H2,1H3,(H,25,29)(H,26,31). The number of nitrogens with one attached hydrogen (secondary N) is 2. The van der Waals surface area contributed by atoms with E-state index in [1.807, 2.05) is 43.3 Å². The van der Waals surface area contributed by atoms with Gasteiger partial charge in [0.05, 0.1) is 17.9 Å². The van der Waals surface area contributed by atoms with E-state index in [0.717, 1.165) is 11.3 Å². The zero-order valence-electron chi connectivity index (χ0n) is 17.7. The lowest BCUT2D eigenvalue weighted by molar-refractivity contribution is -0.123. The van der Waals surface area contributed by atoms with E-state index < -0.39 is 0 Å². The zero-order valence-corrected chi connectivity index (χ0v) is 17.7. The fourth-order valence-corrected chi connectivity index (χ4v) is 3.55. The first-order valence-corrected chi connectivity index (χ1v) is 10.3. The van der Waals surface area contributed by atoms with Crippen LogP contribution in [0.4, 0.5) is 16.2 Å². The molecule has 0 aliphatic carbocycles. The summed E-state index contributed by atoms with van der Waals surface area (Å²) in [6, 6.07) is 19.9. The highest BCUT2D eigenvalue weighted by Crippen LogP contribution is 2.33. The molecule has 0 unspecified atom stereocenters. The van der Waals surface area contributed by atoms with Crippen molar-refractivity contribution < 1.29 is 18.8 Å². The Morgan fingerprint density at radius 3 is 2.34 bits per heavy atom. The van der Waals surface area contributed by atoms with Crippen molar-refractivity contribution in [3.05, 3.63) is 83.8 Å². The van der Waals surface area contributed by atoms with Gasteiger partial charge in [-0.2, -0.15) is 0 Å². The topological polar surface area (TPSA) is 94.9 Å². The van der Waals surface area contributed by atoms with Crippen LogP contribution in [0.5, 0.6) is 0 Å². The monoisotopic (exact) mass is 432 g/mol. The van der Waals surface area contributed by atoms with Crippen LogP contribution in [0.1, 0.15) is 17.1 Å². The van der Waals surface area contributed by atoms with Crippen molar-refractivity contribution in [2.45, 2.75) is 20.0 Å². The summed E-state index contributed by atoms with van der Waals surface area (Å²) in [5, 5.41) is 5.62. The summed E-state index contributed by atoms with van der Waals surface area (Å²) in [5.74, 6) is 0.759. The molecule has 4 rings (SSSR count). The van der Waals surface area contributed by atoms with Crippen LogP contribution in [0, 0.1) is 6.92 Å². The summed E-state index contributed by atoms with van der Waals surface area (Å²) in [5.41, 5.74) is 2.05. The Kier molecular flexibility index (Phi) is 6.21. The van der Waals surface area contributed by atoms with E-state index in [1.165, 1.54) is 9.80 Å². The van der Waals surface area contributed by atoms with Gasteiger partial charge in [0.1, 0.15) is 24.6 Å². The van der Waals surface area contributed by atoms with E-state index in [4.69, 9.17) is 4.42 Å². The lowest BCUT2D eigenvalue weighted by Crippen LogP contribution is -2.53. The second kappa shape index (κ2) is 9.38. The molecule has 2 N–H and O–H groups in total. The normalized spacial score (nSPS) is 13.0. The van der Waals surface area contributed by atoms with Crippen LogP contribution in [0.15, 0.2) is 71.1 Å². The minimum Gasteiger partial charge on any atom is -0.465 e. The number of para-hydroxylation sites is 2. The van der Waals surface area contributed by atoms with Crippen LogP contribution in [0.3, 0.4) is 0 Å². The highest BCUT2D eigenvalue weighted by molar-refractivity contribution is 6.12. The summed E-state index contributed by atoms with van der Waals surface area (Å²) in [6.45, 7) is 2.13. The second-order valence-corrected chi connectivity index (χ2v) is 7.49. The number of carbonyl (C=O) groups is 3. The van der Waals surface area contributed by atoms with E-state index in [2.05, 4.69) is 10.6 Å². The van der Waals surface area contributed by atoms with Crippen LogP contribution in [-0.4, -0.2) is 30.9 Å². The fraction of sp³-hybridized carbons (Fsp3) is 0.208. The predicted octanol–water partition coefficient (Wildman–Crippen LogP) is 2.97. The number of hydrogen-bond acceptors (Lipinski definition) is 4. The average molecular weight is 432 g/mol. The van der Waals surface area contributed by atoms with E-state index >= 15 is 0 Å². The smallest absolute Gasteiger partial charge is 0.322 e. The van der Waals surface area contributed by atoms with E-state index in [-0.39, 0.29) is 37.5 Å². The molecule has 1 aliphatic heterocycles. The number of carbonyl (C=O) groups excluding carboxylic acids is 3. The van der Waals surface area contributed by atoms with Gasteiger partial charge < -0.3 is 15.1 Å². The Morgan fingerprint density at radius 1 is 0.906 bits per heavy atom. The Morgan fingerprint density at radius 2 is 1.62 bits per heavy atom. The van der Waals surface area contributed by atoms with Crippen LogP contribution in [0.25, 0.3) is 0 Å². The molecule has 0 atom stereocenters.